The van der Waals surface area contributed by atoms with E-state index in [9.17, 15) is 0 Å². The summed E-state index contributed by atoms with van der Waals surface area (Å²) in [4.78, 5) is 4.91. The largest absolute Gasteiger partial charge is 0.351 e. The van der Waals surface area contributed by atoms with E-state index in [1.54, 1.807) is 21.6 Å². The highest BCUT2D eigenvalue weighted by molar-refractivity contribution is 8.89. The van der Waals surface area contributed by atoms with Gasteiger partial charge in [-0.15, -0.1) is 0 Å². The molecular weight excluding hydrogens is 421 g/mol. The summed E-state index contributed by atoms with van der Waals surface area (Å²) in [7, 11) is 3.38. The SMILES string of the molecule is CCCC(C)N(C(=S)SSC(=S)N(C(C)CCC)C(C)CCC)C(C)CCC. The molecule has 0 aliphatic heterocycles. The standard InChI is InChI=1S/C22H44N2S4/c1-9-13-17(5)23(18(6)14-10-2)21(25)27-28-22(26)24(19(7)15-11-3)20(8)16-12-4/h17-20H,9-16H2,1-8H3. The minimum atomic E-state index is 0.481. The molecule has 0 aliphatic carbocycles. The summed E-state index contributed by atoms with van der Waals surface area (Å²) < 4.78 is 1.97. The molecule has 2 nitrogen and oxygen atoms in total. The van der Waals surface area contributed by atoms with Gasteiger partial charge in [0.15, 0.2) is 0 Å². The van der Waals surface area contributed by atoms with Gasteiger partial charge in [0.25, 0.3) is 0 Å². The van der Waals surface area contributed by atoms with Crippen molar-refractivity contribution in [3.8, 4) is 0 Å². The second-order valence-corrected chi connectivity index (χ2v) is 11.5. The molecule has 0 amide bonds. The van der Waals surface area contributed by atoms with Crippen molar-refractivity contribution in [1.82, 2.24) is 9.80 Å². The number of nitrogens with zero attached hydrogens (tertiary/aromatic N) is 2. The first kappa shape index (κ1) is 28.5. The Morgan fingerprint density at radius 2 is 0.786 bits per heavy atom. The third kappa shape index (κ3) is 9.99. The molecule has 0 radical (unpaired) electrons. The zero-order chi connectivity index (χ0) is 21.7. The van der Waals surface area contributed by atoms with Crippen LogP contribution in [0.4, 0.5) is 0 Å². The van der Waals surface area contributed by atoms with Gasteiger partial charge in [-0.3, -0.25) is 0 Å². The summed E-state index contributed by atoms with van der Waals surface area (Å²) in [6, 6.07) is 1.93. The van der Waals surface area contributed by atoms with E-state index < -0.39 is 0 Å². The summed E-state index contributed by atoms with van der Waals surface area (Å²) in [5.41, 5.74) is 0. The first-order chi connectivity index (χ1) is 13.2. The molecule has 0 saturated heterocycles. The normalized spacial score (nSPS) is 15.6. The lowest BCUT2D eigenvalue weighted by atomic mass is 10.1. The maximum absolute atomic E-state index is 5.89. The molecule has 0 bridgehead atoms. The molecule has 0 N–H and O–H groups in total. The molecule has 0 aromatic heterocycles. The van der Waals surface area contributed by atoms with E-state index in [1.807, 2.05) is 0 Å². The van der Waals surface area contributed by atoms with Gasteiger partial charge in [-0.25, -0.2) is 0 Å². The highest BCUT2D eigenvalue weighted by Gasteiger charge is 2.26. The van der Waals surface area contributed by atoms with Crippen molar-refractivity contribution in [2.24, 2.45) is 0 Å². The summed E-state index contributed by atoms with van der Waals surface area (Å²) in [5, 5.41) is 0. The average Bonchev–Trinajstić information content (AvgIpc) is 2.61. The third-order valence-corrected chi connectivity index (χ3v) is 8.87. The monoisotopic (exact) mass is 464 g/mol. The Hall–Kier alpha value is 0.480. The second kappa shape index (κ2) is 16.2. The van der Waals surface area contributed by atoms with E-state index in [4.69, 9.17) is 24.4 Å². The van der Waals surface area contributed by atoms with E-state index in [0.717, 1.165) is 8.64 Å². The van der Waals surface area contributed by atoms with E-state index in [0.29, 0.717) is 24.2 Å². The quantitative estimate of drug-likeness (QED) is 0.210. The lowest BCUT2D eigenvalue weighted by molar-refractivity contribution is 0.247. The molecule has 0 fully saturated rings. The average molecular weight is 465 g/mol. The summed E-state index contributed by atoms with van der Waals surface area (Å²) in [6.07, 6.45) is 9.46. The van der Waals surface area contributed by atoms with Gasteiger partial charge in [-0.2, -0.15) is 0 Å². The molecular formula is C22H44N2S4. The molecule has 0 aromatic carbocycles. The Bertz CT molecular complexity index is 380. The first-order valence-electron chi connectivity index (χ1n) is 11.2. The minimum Gasteiger partial charge on any atom is -0.351 e. The molecule has 0 rings (SSSR count). The number of hydrogen-bond donors (Lipinski definition) is 0. The predicted octanol–water partition coefficient (Wildman–Crippen LogP) is 8.30. The van der Waals surface area contributed by atoms with Crippen LogP contribution < -0.4 is 0 Å². The highest BCUT2D eigenvalue weighted by Crippen LogP contribution is 2.33. The van der Waals surface area contributed by atoms with Gasteiger partial charge in [-0.1, -0.05) is 77.8 Å². The van der Waals surface area contributed by atoms with Crippen molar-refractivity contribution >= 4 is 54.7 Å². The van der Waals surface area contributed by atoms with Crippen LogP contribution in [0.1, 0.15) is 107 Å². The van der Waals surface area contributed by atoms with Crippen LogP contribution in [0.5, 0.6) is 0 Å². The van der Waals surface area contributed by atoms with Gasteiger partial charge in [0.05, 0.1) is 0 Å². The zero-order valence-corrected chi connectivity index (χ0v) is 22.8. The van der Waals surface area contributed by atoms with Crippen LogP contribution in [0.3, 0.4) is 0 Å². The van der Waals surface area contributed by atoms with E-state index >= 15 is 0 Å². The molecule has 0 aromatic rings. The summed E-state index contributed by atoms with van der Waals surface area (Å²) in [5.74, 6) is 0. The second-order valence-electron chi connectivity index (χ2n) is 8.06. The molecule has 0 saturated carbocycles. The fraction of sp³-hybridized carbons (Fsp3) is 0.909. The fourth-order valence-electron chi connectivity index (χ4n) is 3.97. The lowest BCUT2D eigenvalue weighted by Crippen LogP contribution is -2.43. The Balaban J connectivity index is 5.13. The molecule has 0 heterocycles. The van der Waals surface area contributed by atoms with Gasteiger partial charge in [0.2, 0.25) is 0 Å². The smallest absolute Gasteiger partial charge is 0.147 e. The van der Waals surface area contributed by atoms with Crippen LogP contribution in [-0.4, -0.2) is 42.6 Å². The van der Waals surface area contributed by atoms with Gasteiger partial charge >= 0.3 is 0 Å². The summed E-state index contributed by atoms with van der Waals surface area (Å²) >= 11 is 11.8. The molecule has 28 heavy (non-hydrogen) atoms. The van der Waals surface area contributed by atoms with Gasteiger partial charge in [0, 0.05) is 24.2 Å². The molecule has 0 aliphatic rings. The van der Waals surface area contributed by atoms with Crippen LogP contribution in [-0.2, 0) is 0 Å². The lowest BCUT2D eigenvalue weighted by Gasteiger charge is -2.38. The zero-order valence-electron chi connectivity index (χ0n) is 19.5. The van der Waals surface area contributed by atoms with Gasteiger partial charge < -0.3 is 9.80 Å². The number of rotatable bonds is 12. The van der Waals surface area contributed by atoms with Crippen molar-refractivity contribution in [2.45, 2.75) is 131 Å². The Labute approximate surface area is 194 Å². The van der Waals surface area contributed by atoms with E-state index in [1.165, 1.54) is 51.4 Å². The van der Waals surface area contributed by atoms with Crippen LogP contribution in [0.2, 0.25) is 0 Å². The highest BCUT2D eigenvalue weighted by atomic mass is 33.1. The van der Waals surface area contributed by atoms with Crippen LogP contribution >= 0.6 is 46.0 Å². The fourth-order valence-corrected chi connectivity index (χ4v) is 7.28. The predicted molar refractivity (Wildman–Crippen MR) is 142 cm³/mol. The minimum absolute atomic E-state index is 0.481. The number of thiocarbonyl (C=S) groups is 2. The van der Waals surface area contributed by atoms with Gasteiger partial charge in [0.1, 0.15) is 8.64 Å². The maximum Gasteiger partial charge on any atom is 0.147 e. The van der Waals surface area contributed by atoms with Crippen molar-refractivity contribution in [2.75, 3.05) is 0 Å². The summed E-state index contributed by atoms with van der Waals surface area (Å²) in [6.45, 7) is 18.2. The third-order valence-electron chi connectivity index (χ3n) is 5.33. The molecule has 0 spiro atoms. The Morgan fingerprint density at radius 3 is 0.964 bits per heavy atom. The van der Waals surface area contributed by atoms with Crippen molar-refractivity contribution in [3.05, 3.63) is 0 Å². The first-order valence-corrected chi connectivity index (χ1v) is 14.2. The van der Waals surface area contributed by atoms with Crippen LogP contribution in [0, 0.1) is 0 Å². The molecule has 166 valence electrons. The maximum atomic E-state index is 5.89. The van der Waals surface area contributed by atoms with Crippen molar-refractivity contribution in [1.29, 1.82) is 0 Å². The Kier molecular flexibility index (Phi) is 16.5. The molecule has 4 unspecified atom stereocenters. The Morgan fingerprint density at radius 1 is 0.571 bits per heavy atom. The van der Waals surface area contributed by atoms with E-state index in [2.05, 4.69) is 65.2 Å². The van der Waals surface area contributed by atoms with Crippen molar-refractivity contribution in [3.63, 3.8) is 0 Å². The van der Waals surface area contributed by atoms with Crippen LogP contribution in [0.25, 0.3) is 0 Å². The van der Waals surface area contributed by atoms with E-state index in [-0.39, 0.29) is 0 Å². The topological polar surface area (TPSA) is 6.48 Å². The van der Waals surface area contributed by atoms with Gasteiger partial charge in [-0.05, 0) is 75.0 Å². The van der Waals surface area contributed by atoms with Crippen LogP contribution in [0.15, 0.2) is 0 Å². The van der Waals surface area contributed by atoms with Crippen molar-refractivity contribution < 1.29 is 0 Å². The number of hydrogen-bond acceptors (Lipinski definition) is 4. The molecule has 6 heteroatoms. The molecule has 4 atom stereocenters.